The molecule has 0 radical (unpaired) electrons. The van der Waals surface area contributed by atoms with Crippen LogP contribution in [0.5, 0.6) is 0 Å². The molecule has 34 heavy (non-hydrogen) atoms. The Balaban J connectivity index is 2.10. The Morgan fingerprint density at radius 1 is 0.824 bits per heavy atom. The maximum absolute atomic E-state index is 13.3. The molecule has 0 spiro atoms. The smallest absolute Gasteiger partial charge is 0.339 e. The topological polar surface area (TPSA) is 61.8 Å². The van der Waals surface area contributed by atoms with E-state index in [9.17, 15) is 9.59 Å². The molecule has 0 N–H and O–H groups in total. The van der Waals surface area contributed by atoms with Gasteiger partial charge in [0.25, 0.3) is 0 Å². The fraction of sp³-hybridized carbons (Fsp3) is 0.286. The third kappa shape index (κ3) is 4.19. The molecule has 0 unspecified atom stereocenters. The Morgan fingerprint density at radius 3 is 1.88 bits per heavy atom. The normalized spacial score (nSPS) is 15.8. The largest absolute Gasteiger partial charge is 0.462 e. The zero-order valence-electron chi connectivity index (χ0n) is 20.1. The van der Waals surface area contributed by atoms with Crippen LogP contribution in [0.4, 0.5) is 0 Å². The number of hydrogen-bond acceptors (Lipinski definition) is 5. The molecule has 3 aromatic rings. The van der Waals surface area contributed by atoms with Crippen LogP contribution in [0.2, 0.25) is 13.1 Å². The van der Waals surface area contributed by atoms with Gasteiger partial charge in [0.1, 0.15) is 5.60 Å². The lowest BCUT2D eigenvalue weighted by molar-refractivity contribution is 0.0476. The fourth-order valence-corrected chi connectivity index (χ4v) is 7.31. The quantitative estimate of drug-likeness (QED) is 0.341. The standard InChI is InChI=1S/C28H30O5Si/c1-5-31-26(29)22-17-18-24-23(25(22)27(30)32-6-2)19-34(3,4)33-28(24,20-13-9-7-10-14-20)21-15-11-8-12-16-21/h7-18H,5-6,19H2,1-4H3. The zero-order valence-corrected chi connectivity index (χ0v) is 21.1. The van der Waals surface area contributed by atoms with Crippen molar-refractivity contribution < 1.29 is 23.5 Å². The molecule has 0 saturated heterocycles. The summed E-state index contributed by atoms with van der Waals surface area (Å²) in [6, 6.07) is 24.3. The minimum Gasteiger partial charge on any atom is -0.462 e. The van der Waals surface area contributed by atoms with Gasteiger partial charge in [0, 0.05) is 0 Å². The summed E-state index contributed by atoms with van der Waals surface area (Å²) in [5.41, 5.74) is 3.22. The molecule has 6 heteroatoms. The Morgan fingerprint density at radius 2 is 1.35 bits per heavy atom. The second-order valence-corrected chi connectivity index (χ2v) is 13.0. The minimum atomic E-state index is -2.38. The maximum Gasteiger partial charge on any atom is 0.339 e. The van der Waals surface area contributed by atoms with Crippen LogP contribution < -0.4 is 0 Å². The van der Waals surface area contributed by atoms with Crippen LogP contribution in [0.25, 0.3) is 0 Å². The lowest BCUT2D eigenvalue weighted by Gasteiger charge is -2.47. The van der Waals surface area contributed by atoms with Crippen molar-refractivity contribution in [3.63, 3.8) is 0 Å². The van der Waals surface area contributed by atoms with Crippen molar-refractivity contribution in [3.05, 3.63) is 106 Å². The van der Waals surface area contributed by atoms with Gasteiger partial charge in [-0.25, -0.2) is 9.59 Å². The molecule has 0 aliphatic carbocycles. The van der Waals surface area contributed by atoms with Gasteiger partial charge in [-0.15, -0.1) is 0 Å². The first kappa shape index (κ1) is 23.9. The average Bonchev–Trinajstić information content (AvgIpc) is 2.83. The fourth-order valence-electron chi connectivity index (χ4n) is 4.85. The molecule has 1 aliphatic rings. The van der Waals surface area contributed by atoms with Crippen molar-refractivity contribution in [2.45, 2.75) is 38.6 Å². The summed E-state index contributed by atoms with van der Waals surface area (Å²) in [7, 11) is -2.38. The monoisotopic (exact) mass is 474 g/mol. The first-order chi connectivity index (χ1) is 16.3. The zero-order chi connectivity index (χ0) is 24.3. The van der Waals surface area contributed by atoms with E-state index in [0.717, 1.165) is 22.3 Å². The first-order valence-electron chi connectivity index (χ1n) is 11.7. The molecule has 0 amide bonds. The highest BCUT2D eigenvalue weighted by atomic mass is 28.4. The van der Waals surface area contributed by atoms with E-state index >= 15 is 0 Å². The number of carbonyl (C=O) groups excluding carboxylic acids is 2. The molecule has 0 saturated carbocycles. The molecule has 4 rings (SSSR count). The number of hydrogen-bond donors (Lipinski definition) is 0. The van der Waals surface area contributed by atoms with E-state index in [-0.39, 0.29) is 24.3 Å². The van der Waals surface area contributed by atoms with E-state index < -0.39 is 25.9 Å². The molecule has 0 aromatic heterocycles. The molecular formula is C28H30O5Si. The van der Waals surface area contributed by atoms with Gasteiger partial charge < -0.3 is 13.9 Å². The van der Waals surface area contributed by atoms with Crippen LogP contribution >= 0.6 is 0 Å². The van der Waals surface area contributed by atoms with Crippen molar-refractivity contribution in [2.75, 3.05) is 13.2 Å². The summed E-state index contributed by atoms with van der Waals surface area (Å²) >= 11 is 0. The summed E-state index contributed by atoms with van der Waals surface area (Å²) < 4.78 is 17.8. The Hall–Kier alpha value is -3.22. The number of carbonyl (C=O) groups is 2. The average molecular weight is 475 g/mol. The molecule has 0 atom stereocenters. The predicted octanol–water partition coefficient (Wildman–Crippen LogP) is 5.65. The summed E-state index contributed by atoms with van der Waals surface area (Å²) in [5.74, 6) is -1.03. The number of ether oxygens (including phenoxy) is 2. The summed E-state index contributed by atoms with van der Waals surface area (Å²) in [5, 5.41) is 0. The lowest BCUT2D eigenvalue weighted by Crippen LogP contribution is -2.51. The highest BCUT2D eigenvalue weighted by Crippen LogP contribution is 2.49. The van der Waals surface area contributed by atoms with Crippen LogP contribution in [0.15, 0.2) is 72.8 Å². The van der Waals surface area contributed by atoms with E-state index in [0.29, 0.717) is 6.04 Å². The van der Waals surface area contributed by atoms with E-state index in [1.807, 2.05) is 42.5 Å². The van der Waals surface area contributed by atoms with E-state index in [2.05, 4.69) is 37.4 Å². The van der Waals surface area contributed by atoms with Crippen LogP contribution in [0.3, 0.4) is 0 Å². The lowest BCUT2D eigenvalue weighted by atomic mass is 9.77. The number of esters is 2. The van der Waals surface area contributed by atoms with Gasteiger partial charge in [-0.2, -0.15) is 0 Å². The molecule has 3 aromatic carbocycles. The van der Waals surface area contributed by atoms with Gasteiger partial charge in [-0.1, -0.05) is 66.7 Å². The Labute approximate surface area is 201 Å². The van der Waals surface area contributed by atoms with Crippen LogP contribution in [-0.2, 0) is 25.5 Å². The van der Waals surface area contributed by atoms with Crippen LogP contribution in [0, 0.1) is 0 Å². The van der Waals surface area contributed by atoms with Gasteiger partial charge in [0.15, 0.2) is 8.32 Å². The van der Waals surface area contributed by atoms with Gasteiger partial charge in [-0.05, 0) is 61.3 Å². The van der Waals surface area contributed by atoms with Gasteiger partial charge in [0.05, 0.1) is 24.3 Å². The SMILES string of the molecule is CCOC(=O)c1ccc2c(c1C(=O)OCC)C[Si](C)(C)OC2(c1ccccc1)c1ccccc1. The van der Waals surface area contributed by atoms with Crippen molar-refractivity contribution in [2.24, 2.45) is 0 Å². The number of fused-ring (bicyclic) bond motifs is 1. The second kappa shape index (κ2) is 9.56. The summed E-state index contributed by atoms with van der Waals surface area (Å²) in [6.45, 7) is 8.23. The van der Waals surface area contributed by atoms with E-state index in [1.54, 1.807) is 19.9 Å². The first-order valence-corrected chi connectivity index (χ1v) is 14.8. The van der Waals surface area contributed by atoms with Crippen LogP contribution in [0.1, 0.15) is 56.8 Å². The minimum absolute atomic E-state index is 0.213. The third-order valence-electron chi connectivity index (χ3n) is 6.06. The van der Waals surface area contributed by atoms with Crippen molar-refractivity contribution in [1.29, 1.82) is 0 Å². The molecule has 1 aliphatic heterocycles. The third-order valence-corrected chi connectivity index (χ3v) is 8.12. The van der Waals surface area contributed by atoms with E-state index in [1.165, 1.54) is 0 Å². The molecular weight excluding hydrogens is 444 g/mol. The molecule has 5 nitrogen and oxygen atoms in total. The van der Waals surface area contributed by atoms with Gasteiger partial charge in [0.2, 0.25) is 0 Å². The molecule has 0 fully saturated rings. The molecule has 1 heterocycles. The number of benzene rings is 3. The van der Waals surface area contributed by atoms with E-state index in [4.69, 9.17) is 13.9 Å². The maximum atomic E-state index is 13.3. The number of rotatable bonds is 6. The molecule has 176 valence electrons. The van der Waals surface area contributed by atoms with Gasteiger partial charge >= 0.3 is 11.9 Å². The van der Waals surface area contributed by atoms with Crippen molar-refractivity contribution in [1.82, 2.24) is 0 Å². The van der Waals surface area contributed by atoms with Gasteiger partial charge in [-0.3, -0.25) is 0 Å². The Bertz CT molecular complexity index is 1150. The van der Waals surface area contributed by atoms with Crippen molar-refractivity contribution in [3.8, 4) is 0 Å². The second-order valence-electron chi connectivity index (χ2n) is 8.91. The highest BCUT2D eigenvalue weighted by Gasteiger charge is 2.49. The summed E-state index contributed by atoms with van der Waals surface area (Å²) in [4.78, 5) is 26.2. The predicted molar refractivity (Wildman–Crippen MR) is 133 cm³/mol. The van der Waals surface area contributed by atoms with Crippen LogP contribution in [-0.4, -0.2) is 33.5 Å². The summed E-state index contributed by atoms with van der Waals surface area (Å²) in [6.07, 6.45) is 0. The van der Waals surface area contributed by atoms with Crippen molar-refractivity contribution >= 4 is 20.3 Å². The molecule has 0 bridgehead atoms. The Kier molecular flexibility index (Phi) is 6.73. The highest BCUT2D eigenvalue weighted by molar-refractivity contribution is 6.71.